The average molecular weight is 196 g/mol. The van der Waals surface area contributed by atoms with Crippen LogP contribution in [0.25, 0.3) is 0 Å². The highest BCUT2D eigenvalue weighted by Crippen LogP contribution is 2.21. The van der Waals surface area contributed by atoms with Crippen LogP contribution in [-0.2, 0) is 12.2 Å². The maximum atomic E-state index is 10.6. The molecule has 0 spiro atoms. The number of nitrogens with zero attached hydrogens (tertiary/aromatic N) is 2. The normalized spacial score (nSPS) is 15.1. The van der Waals surface area contributed by atoms with Crippen molar-refractivity contribution in [2.45, 2.75) is 12.2 Å². The van der Waals surface area contributed by atoms with E-state index in [0.717, 1.165) is 29.2 Å². The summed E-state index contributed by atoms with van der Waals surface area (Å²) in [6, 6.07) is 0. The molecule has 2 heterocycles. The molecule has 0 fully saturated rings. The monoisotopic (exact) mass is 196 g/mol. The van der Waals surface area contributed by atoms with Crippen LogP contribution < -0.4 is 0 Å². The van der Waals surface area contributed by atoms with Gasteiger partial charge in [-0.2, -0.15) is 11.8 Å². The molecule has 0 saturated heterocycles. The van der Waals surface area contributed by atoms with Crippen LogP contribution in [0.5, 0.6) is 0 Å². The standard InChI is InChI=1S/C8H8N2O2S/c11-8(12)7-9-3-5-4-13-2-1-6(5)10-7/h3H,1-2,4H2,(H,11,12). The fourth-order valence-electron chi connectivity index (χ4n) is 1.23. The number of carboxylic acids is 1. The average Bonchev–Trinajstić information content (AvgIpc) is 2.17. The van der Waals surface area contributed by atoms with Gasteiger partial charge in [-0.05, 0) is 12.2 Å². The number of hydrogen-bond acceptors (Lipinski definition) is 4. The maximum Gasteiger partial charge on any atom is 0.373 e. The number of rotatable bonds is 1. The Bertz CT molecular complexity index is 354. The topological polar surface area (TPSA) is 63.1 Å². The third kappa shape index (κ3) is 1.65. The molecule has 0 atom stereocenters. The van der Waals surface area contributed by atoms with Crippen molar-refractivity contribution in [1.29, 1.82) is 0 Å². The molecule has 1 aliphatic rings. The van der Waals surface area contributed by atoms with Crippen LogP contribution in [0, 0.1) is 0 Å². The largest absolute Gasteiger partial charge is 0.475 e. The summed E-state index contributed by atoms with van der Waals surface area (Å²) in [7, 11) is 0. The number of aromatic carboxylic acids is 1. The Morgan fingerprint density at radius 3 is 3.23 bits per heavy atom. The summed E-state index contributed by atoms with van der Waals surface area (Å²) >= 11 is 1.82. The highest BCUT2D eigenvalue weighted by Gasteiger charge is 2.14. The SMILES string of the molecule is O=C(O)c1ncc2c(n1)CCSC2. The van der Waals surface area contributed by atoms with Crippen LogP contribution in [-0.4, -0.2) is 26.8 Å². The second-order valence-electron chi connectivity index (χ2n) is 2.77. The minimum atomic E-state index is -1.05. The van der Waals surface area contributed by atoms with E-state index in [-0.39, 0.29) is 5.82 Å². The van der Waals surface area contributed by atoms with Gasteiger partial charge in [-0.15, -0.1) is 0 Å². The van der Waals surface area contributed by atoms with Crippen molar-refractivity contribution in [3.8, 4) is 0 Å². The van der Waals surface area contributed by atoms with Crippen molar-refractivity contribution < 1.29 is 9.90 Å². The molecule has 1 N–H and O–H groups in total. The molecule has 1 aliphatic heterocycles. The predicted molar refractivity (Wildman–Crippen MR) is 48.9 cm³/mol. The van der Waals surface area contributed by atoms with E-state index in [0.29, 0.717) is 0 Å². The van der Waals surface area contributed by atoms with Crippen molar-refractivity contribution in [1.82, 2.24) is 9.97 Å². The molecule has 0 unspecified atom stereocenters. The summed E-state index contributed by atoms with van der Waals surface area (Å²) in [5, 5.41) is 8.66. The molecule has 68 valence electrons. The Balaban J connectivity index is 2.40. The molecule has 13 heavy (non-hydrogen) atoms. The Morgan fingerprint density at radius 2 is 2.46 bits per heavy atom. The molecule has 2 rings (SSSR count). The first-order chi connectivity index (χ1) is 6.27. The molecule has 1 aromatic heterocycles. The second-order valence-corrected chi connectivity index (χ2v) is 3.88. The van der Waals surface area contributed by atoms with E-state index >= 15 is 0 Å². The van der Waals surface area contributed by atoms with E-state index in [2.05, 4.69) is 9.97 Å². The van der Waals surface area contributed by atoms with E-state index in [1.165, 1.54) is 0 Å². The van der Waals surface area contributed by atoms with Gasteiger partial charge in [0.15, 0.2) is 0 Å². The molecular formula is C8H8N2O2S. The van der Waals surface area contributed by atoms with Gasteiger partial charge >= 0.3 is 5.97 Å². The Hall–Kier alpha value is -1.10. The zero-order valence-corrected chi connectivity index (χ0v) is 7.67. The molecule has 0 aliphatic carbocycles. The van der Waals surface area contributed by atoms with Crippen molar-refractivity contribution in [3.63, 3.8) is 0 Å². The summed E-state index contributed by atoms with van der Waals surface area (Å²) in [5.74, 6) is 0.768. The molecule has 0 bridgehead atoms. The van der Waals surface area contributed by atoms with Gasteiger partial charge in [-0.3, -0.25) is 0 Å². The third-order valence-corrected chi connectivity index (χ3v) is 2.89. The minimum Gasteiger partial charge on any atom is -0.475 e. The van der Waals surface area contributed by atoms with Gasteiger partial charge < -0.3 is 5.11 Å². The molecule has 0 amide bonds. The number of hydrogen-bond donors (Lipinski definition) is 1. The van der Waals surface area contributed by atoms with Crippen molar-refractivity contribution in [3.05, 3.63) is 23.3 Å². The van der Waals surface area contributed by atoms with Crippen LogP contribution >= 0.6 is 11.8 Å². The fraction of sp³-hybridized carbons (Fsp3) is 0.375. The third-order valence-electron chi connectivity index (χ3n) is 1.89. The number of carboxylic acid groups (broad SMARTS) is 1. The summed E-state index contributed by atoms with van der Waals surface area (Å²) in [6.07, 6.45) is 2.47. The lowest BCUT2D eigenvalue weighted by Crippen LogP contribution is -2.12. The van der Waals surface area contributed by atoms with E-state index in [9.17, 15) is 4.79 Å². The quantitative estimate of drug-likeness (QED) is 0.725. The van der Waals surface area contributed by atoms with Gasteiger partial charge in [0.05, 0.1) is 0 Å². The van der Waals surface area contributed by atoms with Crippen LogP contribution in [0.3, 0.4) is 0 Å². The van der Waals surface area contributed by atoms with E-state index < -0.39 is 5.97 Å². The van der Waals surface area contributed by atoms with Crippen LogP contribution in [0.4, 0.5) is 0 Å². The Kier molecular flexibility index (Phi) is 2.18. The Labute approximate surface area is 79.4 Å². The van der Waals surface area contributed by atoms with Crippen molar-refractivity contribution in [2.75, 3.05) is 5.75 Å². The zero-order valence-electron chi connectivity index (χ0n) is 6.86. The lowest BCUT2D eigenvalue weighted by molar-refractivity contribution is 0.0683. The first-order valence-corrected chi connectivity index (χ1v) is 5.08. The minimum absolute atomic E-state index is 0.0920. The molecule has 4 nitrogen and oxygen atoms in total. The molecule has 5 heteroatoms. The van der Waals surface area contributed by atoms with Gasteiger partial charge in [-0.1, -0.05) is 0 Å². The van der Waals surface area contributed by atoms with E-state index in [1.807, 2.05) is 11.8 Å². The smallest absolute Gasteiger partial charge is 0.373 e. The molecule has 0 saturated carbocycles. The summed E-state index contributed by atoms with van der Waals surface area (Å²) < 4.78 is 0. The summed E-state index contributed by atoms with van der Waals surface area (Å²) in [5.41, 5.74) is 1.97. The molecular weight excluding hydrogens is 188 g/mol. The molecule has 0 radical (unpaired) electrons. The maximum absolute atomic E-state index is 10.6. The first-order valence-electron chi connectivity index (χ1n) is 3.93. The first kappa shape index (κ1) is 8.50. The van der Waals surface area contributed by atoms with E-state index in [4.69, 9.17) is 5.11 Å². The highest BCUT2D eigenvalue weighted by molar-refractivity contribution is 7.98. The number of aryl methyl sites for hydroxylation is 1. The number of fused-ring (bicyclic) bond motifs is 1. The van der Waals surface area contributed by atoms with Gasteiger partial charge in [-0.25, -0.2) is 14.8 Å². The van der Waals surface area contributed by atoms with Gasteiger partial charge in [0, 0.05) is 23.2 Å². The van der Waals surface area contributed by atoms with Gasteiger partial charge in [0.2, 0.25) is 5.82 Å². The number of aromatic nitrogens is 2. The summed E-state index contributed by atoms with van der Waals surface area (Å²) in [4.78, 5) is 18.3. The Morgan fingerprint density at radius 1 is 1.62 bits per heavy atom. The van der Waals surface area contributed by atoms with Crippen molar-refractivity contribution in [2.24, 2.45) is 0 Å². The van der Waals surface area contributed by atoms with Crippen LogP contribution in [0.1, 0.15) is 21.9 Å². The highest BCUT2D eigenvalue weighted by atomic mass is 32.2. The number of carbonyl (C=O) groups is 1. The fourth-order valence-corrected chi connectivity index (χ4v) is 2.18. The summed E-state index contributed by atoms with van der Waals surface area (Å²) in [6.45, 7) is 0. The van der Waals surface area contributed by atoms with Gasteiger partial charge in [0.25, 0.3) is 0 Å². The molecule has 1 aromatic rings. The number of thioether (sulfide) groups is 1. The molecule has 0 aromatic carbocycles. The van der Waals surface area contributed by atoms with Crippen LogP contribution in [0.2, 0.25) is 0 Å². The van der Waals surface area contributed by atoms with Gasteiger partial charge in [0.1, 0.15) is 0 Å². The lowest BCUT2D eigenvalue weighted by Gasteiger charge is -2.13. The predicted octanol–water partition coefficient (Wildman–Crippen LogP) is 0.964. The van der Waals surface area contributed by atoms with Crippen LogP contribution in [0.15, 0.2) is 6.20 Å². The zero-order chi connectivity index (χ0) is 9.26. The lowest BCUT2D eigenvalue weighted by atomic mass is 10.2. The second kappa shape index (κ2) is 3.33. The van der Waals surface area contributed by atoms with E-state index in [1.54, 1.807) is 6.20 Å². The van der Waals surface area contributed by atoms with Crippen molar-refractivity contribution >= 4 is 17.7 Å².